The summed E-state index contributed by atoms with van der Waals surface area (Å²) in [6, 6.07) is 7.54. The van der Waals surface area contributed by atoms with Crippen LogP contribution in [-0.2, 0) is 11.8 Å². The van der Waals surface area contributed by atoms with Crippen LogP contribution in [0.1, 0.15) is 50.5 Å². The van der Waals surface area contributed by atoms with Crippen molar-refractivity contribution < 1.29 is 18.3 Å². The molecule has 1 aliphatic heterocycles. The number of aryl methyl sites for hydroxylation is 1. The molecule has 30 heavy (non-hydrogen) atoms. The first-order valence-electron chi connectivity index (χ1n) is 10.3. The van der Waals surface area contributed by atoms with Crippen LogP contribution in [0.4, 0.5) is 0 Å². The van der Waals surface area contributed by atoms with Crippen LogP contribution in [-0.4, -0.2) is 13.2 Å². The second-order valence-electron chi connectivity index (χ2n) is 8.49. The molecular formula is C25H28O5. The minimum atomic E-state index is -0.415. The third-order valence-electron chi connectivity index (χ3n) is 6.22. The van der Waals surface area contributed by atoms with E-state index in [0.717, 1.165) is 36.0 Å². The average molecular weight is 408 g/mol. The summed E-state index contributed by atoms with van der Waals surface area (Å²) < 4.78 is 22.7. The van der Waals surface area contributed by atoms with Crippen molar-refractivity contribution in [3.8, 4) is 11.5 Å². The van der Waals surface area contributed by atoms with E-state index < -0.39 is 5.41 Å². The van der Waals surface area contributed by atoms with Gasteiger partial charge in [0.25, 0.3) is 0 Å². The molecule has 5 nitrogen and oxygen atoms in total. The van der Waals surface area contributed by atoms with Crippen molar-refractivity contribution in [1.29, 1.82) is 0 Å². The van der Waals surface area contributed by atoms with Crippen LogP contribution in [0.3, 0.4) is 0 Å². The topological polar surface area (TPSA) is 61.8 Å². The number of methoxy groups -OCH3 is 1. The number of benzene rings is 1. The molecule has 158 valence electrons. The molecule has 2 aromatic heterocycles. The van der Waals surface area contributed by atoms with Crippen LogP contribution in [0.15, 0.2) is 55.8 Å². The summed E-state index contributed by atoms with van der Waals surface area (Å²) in [6.07, 6.45) is 6.31. The Morgan fingerprint density at radius 2 is 2.10 bits per heavy atom. The van der Waals surface area contributed by atoms with Crippen LogP contribution in [0.5, 0.6) is 11.5 Å². The number of ether oxygens (including phenoxy) is 2. The fourth-order valence-corrected chi connectivity index (χ4v) is 4.28. The second-order valence-corrected chi connectivity index (χ2v) is 8.49. The van der Waals surface area contributed by atoms with Crippen molar-refractivity contribution in [3.05, 3.63) is 69.5 Å². The van der Waals surface area contributed by atoms with Gasteiger partial charge in [-0.3, -0.25) is 0 Å². The summed E-state index contributed by atoms with van der Waals surface area (Å²) in [7, 11) is 1.59. The quantitative estimate of drug-likeness (QED) is 0.386. The van der Waals surface area contributed by atoms with E-state index in [0.29, 0.717) is 22.6 Å². The Balaban J connectivity index is 1.60. The van der Waals surface area contributed by atoms with E-state index in [1.807, 2.05) is 26.0 Å². The molecule has 0 fully saturated rings. The second kappa shape index (κ2) is 7.71. The van der Waals surface area contributed by atoms with E-state index in [2.05, 4.69) is 26.0 Å². The number of hydrogen-bond donors (Lipinski definition) is 0. The van der Waals surface area contributed by atoms with Crippen molar-refractivity contribution in [2.45, 2.75) is 58.5 Å². The van der Waals surface area contributed by atoms with Gasteiger partial charge in [0.1, 0.15) is 28.9 Å². The Morgan fingerprint density at radius 1 is 1.30 bits per heavy atom. The molecule has 1 aromatic carbocycles. The van der Waals surface area contributed by atoms with Crippen molar-refractivity contribution >= 4 is 11.0 Å². The molecule has 2 atom stereocenters. The molecule has 0 N–H and O–H groups in total. The molecular weight excluding hydrogens is 380 g/mol. The highest BCUT2D eigenvalue weighted by atomic mass is 16.5. The van der Waals surface area contributed by atoms with Gasteiger partial charge in [0.2, 0.25) is 0 Å². The molecule has 3 heterocycles. The third-order valence-corrected chi connectivity index (χ3v) is 6.22. The highest BCUT2D eigenvalue weighted by molar-refractivity contribution is 5.86. The predicted octanol–water partition coefficient (Wildman–Crippen LogP) is 5.71. The van der Waals surface area contributed by atoms with Gasteiger partial charge in [0.15, 0.2) is 0 Å². The lowest BCUT2D eigenvalue weighted by Crippen LogP contribution is -2.35. The number of furan rings is 1. The Hall–Kier alpha value is -2.95. The first-order valence-corrected chi connectivity index (χ1v) is 10.3. The maximum absolute atomic E-state index is 12.9. The Bertz CT molecular complexity index is 1170. The van der Waals surface area contributed by atoms with Gasteiger partial charge in [0.05, 0.1) is 24.3 Å². The minimum Gasteiger partial charge on any atom is -0.497 e. The molecule has 0 radical (unpaired) electrons. The number of hydrogen-bond acceptors (Lipinski definition) is 5. The third kappa shape index (κ3) is 3.53. The maximum atomic E-state index is 12.9. The smallest absolute Gasteiger partial charge is 0.343 e. The van der Waals surface area contributed by atoms with Crippen LogP contribution in [0, 0.1) is 6.92 Å². The van der Waals surface area contributed by atoms with Gasteiger partial charge in [-0.05, 0) is 57.4 Å². The lowest BCUT2D eigenvalue weighted by molar-refractivity contribution is 0.169. The summed E-state index contributed by atoms with van der Waals surface area (Å²) in [4.78, 5) is 12.9. The van der Waals surface area contributed by atoms with Gasteiger partial charge in [-0.15, -0.1) is 0 Å². The molecule has 3 aromatic rings. The first kappa shape index (κ1) is 20.3. The van der Waals surface area contributed by atoms with Gasteiger partial charge in [-0.1, -0.05) is 18.6 Å². The van der Waals surface area contributed by atoms with Gasteiger partial charge in [-0.2, -0.15) is 0 Å². The lowest BCUT2D eigenvalue weighted by Gasteiger charge is -2.26. The van der Waals surface area contributed by atoms with E-state index in [9.17, 15) is 4.79 Å². The van der Waals surface area contributed by atoms with Crippen LogP contribution >= 0.6 is 0 Å². The summed E-state index contributed by atoms with van der Waals surface area (Å²) >= 11 is 0. The number of fused-ring (bicyclic) bond motifs is 3. The molecule has 0 bridgehead atoms. The van der Waals surface area contributed by atoms with E-state index in [1.165, 1.54) is 5.57 Å². The average Bonchev–Trinajstić information content (AvgIpc) is 3.22. The molecule has 0 saturated carbocycles. The van der Waals surface area contributed by atoms with Crippen LogP contribution in [0.25, 0.3) is 11.0 Å². The summed E-state index contributed by atoms with van der Waals surface area (Å²) in [5, 5.41) is 0.806. The molecule has 1 aliphatic rings. The summed E-state index contributed by atoms with van der Waals surface area (Å²) in [5.74, 6) is 2.26. The van der Waals surface area contributed by atoms with Crippen LogP contribution in [0.2, 0.25) is 0 Å². The molecule has 0 saturated heterocycles. The largest absolute Gasteiger partial charge is 0.497 e. The van der Waals surface area contributed by atoms with E-state index >= 15 is 0 Å². The van der Waals surface area contributed by atoms with E-state index in [1.54, 1.807) is 19.4 Å². The fourth-order valence-electron chi connectivity index (χ4n) is 4.28. The maximum Gasteiger partial charge on any atom is 0.343 e. The predicted molar refractivity (Wildman–Crippen MR) is 117 cm³/mol. The Labute approximate surface area is 176 Å². The van der Waals surface area contributed by atoms with Crippen molar-refractivity contribution in [3.63, 3.8) is 0 Å². The van der Waals surface area contributed by atoms with Gasteiger partial charge >= 0.3 is 5.63 Å². The molecule has 0 aliphatic carbocycles. The zero-order valence-corrected chi connectivity index (χ0v) is 18.2. The van der Waals surface area contributed by atoms with Crippen molar-refractivity contribution in [2.75, 3.05) is 7.11 Å². The molecule has 5 heteroatoms. The highest BCUT2D eigenvalue weighted by Crippen LogP contribution is 2.47. The zero-order chi connectivity index (χ0) is 21.5. The van der Waals surface area contributed by atoms with E-state index in [4.69, 9.17) is 18.3 Å². The van der Waals surface area contributed by atoms with E-state index in [-0.39, 0.29) is 11.7 Å². The first-order chi connectivity index (χ1) is 14.3. The normalized spacial score (nSPS) is 21.0. The van der Waals surface area contributed by atoms with Crippen molar-refractivity contribution in [2.24, 2.45) is 0 Å². The SMILES string of the molecule is COc1ccc2c3c(c(=O)oc2c1)[C@@](C)(CCC=C(C)Cc1cc(C)co1)[C@H](C)O3. The Morgan fingerprint density at radius 3 is 2.80 bits per heavy atom. The van der Waals surface area contributed by atoms with Gasteiger partial charge in [-0.25, -0.2) is 4.79 Å². The summed E-state index contributed by atoms with van der Waals surface area (Å²) in [5.41, 5.74) is 2.76. The molecule has 0 amide bonds. The minimum absolute atomic E-state index is 0.121. The zero-order valence-electron chi connectivity index (χ0n) is 18.2. The Kier molecular flexibility index (Phi) is 5.22. The summed E-state index contributed by atoms with van der Waals surface area (Å²) in [6.45, 7) is 8.25. The molecule has 4 rings (SSSR count). The fraction of sp³-hybridized carbons (Fsp3) is 0.400. The highest BCUT2D eigenvalue weighted by Gasteiger charge is 2.46. The molecule has 0 spiro atoms. The standard InChI is InChI=1S/C25H28O5/c1-15(11-19-12-16(2)14-28-19)7-6-10-25(4)17(3)29-23-20-9-8-18(27-5)13-21(20)30-24(26)22(23)25/h7-9,12-14,17H,6,10-11H2,1-5H3/t17-,25-/m0/s1. The monoisotopic (exact) mass is 408 g/mol. The van der Waals surface area contributed by atoms with Crippen molar-refractivity contribution in [1.82, 2.24) is 0 Å². The van der Waals surface area contributed by atoms with Gasteiger partial charge in [0, 0.05) is 17.9 Å². The number of allylic oxidation sites excluding steroid dienone is 2. The lowest BCUT2D eigenvalue weighted by atomic mass is 9.76. The van der Waals surface area contributed by atoms with Gasteiger partial charge < -0.3 is 18.3 Å². The van der Waals surface area contributed by atoms with Crippen LogP contribution < -0.4 is 15.1 Å². The molecule has 0 unspecified atom stereocenters. The number of rotatable bonds is 6.